The molecule has 228 valence electrons. The third kappa shape index (κ3) is 4.73. The van der Waals surface area contributed by atoms with E-state index in [1.54, 1.807) is 0 Å². The number of rotatable bonds is 4. The molecule has 2 aromatic heterocycles. The Morgan fingerprint density at radius 3 is 1.57 bits per heavy atom. The summed E-state index contributed by atoms with van der Waals surface area (Å²) in [6.07, 6.45) is 0. The monoisotopic (exact) mass is 625 g/mol. The Bertz CT molecular complexity index is 2890. The van der Waals surface area contributed by atoms with Gasteiger partial charge in [0.15, 0.2) is 17.5 Å². The van der Waals surface area contributed by atoms with Crippen molar-refractivity contribution in [3.63, 3.8) is 0 Å². The summed E-state index contributed by atoms with van der Waals surface area (Å²) < 4.78 is 6.31. The molecule has 10 aromatic rings. The molecule has 49 heavy (non-hydrogen) atoms. The fourth-order valence-corrected chi connectivity index (χ4v) is 6.97. The fraction of sp³-hybridized carbons (Fsp3) is 0. The van der Waals surface area contributed by atoms with E-state index in [2.05, 4.69) is 121 Å². The zero-order valence-electron chi connectivity index (χ0n) is 26.3. The molecule has 0 N–H and O–H groups in total. The van der Waals surface area contributed by atoms with Gasteiger partial charge in [-0.05, 0) is 85.9 Å². The van der Waals surface area contributed by atoms with E-state index >= 15 is 0 Å². The Kier molecular flexibility index (Phi) is 6.15. The Balaban J connectivity index is 1.12. The predicted molar refractivity (Wildman–Crippen MR) is 201 cm³/mol. The molecular formula is C45H27N3O. The molecule has 0 bridgehead atoms. The molecule has 4 nitrogen and oxygen atoms in total. The van der Waals surface area contributed by atoms with Crippen LogP contribution in [0.25, 0.3) is 99.5 Å². The minimum atomic E-state index is 0.615. The second-order valence-corrected chi connectivity index (χ2v) is 12.5. The number of hydrogen-bond acceptors (Lipinski definition) is 4. The van der Waals surface area contributed by atoms with Crippen molar-refractivity contribution in [1.82, 2.24) is 15.0 Å². The smallest absolute Gasteiger partial charge is 0.164 e. The Hall–Kier alpha value is -6.65. The lowest BCUT2D eigenvalue weighted by Gasteiger charge is -2.10. The second kappa shape index (κ2) is 11.0. The highest BCUT2D eigenvalue weighted by Crippen LogP contribution is 2.36. The van der Waals surface area contributed by atoms with E-state index in [4.69, 9.17) is 19.4 Å². The van der Waals surface area contributed by atoms with Gasteiger partial charge < -0.3 is 4.42 Å². The maximum Gasteiger partial charge on any atom is 0.164 e. The summed E-state index contributed by atoms with van der Waals surface area (Å²) in [5.41, 5.74) is 6.77. The third-order valence-corrected chi connectivity index (χ3v) is 9.48. The fourth-order valence-electron chi connectivity index (χ4n) is 6.97. The van der Waals surface area contributed by atoms with Gasteiger partial charge in [-0.15, -0.1) is 0 Å². The number of hydrogen-bond donors (Lipinski definition) is 0. The molecule has 0 aliphatic heterocycles. The summed E-state index contributed by atoms with van der Waals surface area (Å²) in [7, 11) is 0. The molecule has 0 atom stereocenters. The zero-order chi connectivity index (χ0) is 32.3. The van der Waals surface area contributed by atoms with Crippen LogP contribution in [0, 0.1) is 0 Å². The maximum atomic E-state index is 6.31. The van der Waals surface area contributed by atoms with Crippen molar-refractivity contribution in [3.05, 3.63) is 164 Å². The minimum Gasteiger partial charge on any atom is -0.456 e. The molecule has 0 spiro atoms. The second-order valence-electron chi connectivity index (χ2n) is 12.5. The third-order valence-electron chi connectivity index (χ3n) is 9.48. The normalized spacial score (nSPS) is 11.7. The van der Waals surface area contributed by atoms with E-state index < -0.39 is 0 Å². The van der Waals surface area contributed by atoms with Crippen LogP contribution in [0.5, 0.6) is 0 Å². The molecule has 0 aliphatic rings. The lowest BCUT2D eigenvalue weighted by Crippen LogP contribution is -2.00. The molecule has 0 fully saturated rings. The molecule has 0 saturated heterocycles. The summed E-state index contributed by atoms with van der Waals surface area (Å²) in [4.78, 5) is 15.1. The summed E-state index contributed by atoms with van der Waals surface area (Å²) >= 11 is 0. The Morgan fingerprint density at radius 1 is 0.286 bits per heavy atom. The van der Waals surface area contributed by atoms with E-state index in [1.165, 1.54) is 32.5 Å². The molecule has 2 heterocycles. The van der Waals surface area contributed by atoms with Gasteiger partial charge in [-0.25, -0.2) is 15.0 Å². The van der Waals surface area contributed by atoms with Crippen LogP contribution in [0.3, 0.4) is 0 Å². The summed E-state index contributed by atoms with van der Waals surface area (Å²) in [6.45, 7) is 0. The first-order valence-electron chi connectivity index (χ1n) is 16.4. The van der Waals surface area contributed by atoms with Gasteiger partial charge in [-0.3, -0.25) is 0 Å². The van der Waals surface area contributed by atoms with Crippen molar-refractivity contribution in [2.24, 2.45) is 0 Å². The molecule has 0 radical (unpaired) electrons. The van der Waals surface area contributed by atoms with E-state index in [9.17, 15) is 0 Å². The van der Waals surface area contributed by atoms with Gasteiger partial charge in [0.1, 0.15) is 11.2 Å². The van der Waals surface area contributed by atoms with E-state index in [1.807, 2.05) is 42.5 Å². The van der Waals surface area contributed by atoms with Crippen LogP contribution in [0.15, 0.2) is 168 Å². The first kappa shape index (κ1) is 27.5. The van der Waals surface area contributed by atoms with E-state index in [-0.39, 0.29) is 0 Å². The Labute approximate surface area is 282 Å². The van der Waals surface area contributed by atoms with Gasteiger partial charge in [-0.2, -0.15) is 0 Å². The quantitative estimate of drug-likeness (QED) is 0.183. The van der Waals surface area contributed by atoms with Crippen molar-refractivity contribution in [1.29, 1.82) is 0 Å². The van der Waals surface area contributed by atoms with Crippen molar-refractivity contribution < 1.29 is 4.42 Å². The molecule has 0 amide bonds. The summed E-state index contributed by atoms with van der Waals surface area (Å²) in [6, 6.07) is 57.1. The number of aromatic nitrogens is 3. The lowest BCUT2D eigenvalue weighted by atomic mass is 9.99. The van der Waals surface area contributed by atoms with Crippen molar-refractivity contribution in [3.8, 4) is 45.3 Å². The summed E-state index contributed by atoms with van der Waals surface area (Å²) in [5.74, 6) is 1.88. The Morgan fingerprint density at radius 2 is 0.776 bits per heavy atom. The highest BCUT2D eigenvalue weighted by atomic mass is 16.3. The molecular weight excluding hydrogens is 599 g/mol. The van der Waals surface area contributed by atoms with Gasteiger partial charge in [0.25, 0.3) is 0 Å². The largest absolute Gasteiger partial charge is 0.456 e. The van der Waals surface area contributed by atoms with E-state index in [0.717, 1.165) is 49.6 Å². The summed E-state index contributed by atoms with van der Waals surface area (Å²) in [5, 5.41) is 9.35. The molecule has 4 heteroatoms. The average Bonchev–Trinajstić information content (AvgIpc) is 3.55. The van der Waals surface area contributed by atoms with Crippen LogP contribution < -0.4 is 0 Å². The molecule has 10 rings (SSSR count). The first-order valence-corrected chi connectivity index (χ1v) is 16.4. The lowest BCUT2D eigenvalue weighted by molar-refractivity contribution is 0.669. The van der Waals surface area contributed by atoms with Gasteiger partial charge >= 0.3 is 0 Å². The molecule has 0 unspecified atom stereocenters. The van der Waals surface area contributed by atoms with Gasteiger partial charge in [0, 0.05) is 27.5 Å². The van der Waals surface area contributed by atoms with Crippen LogP contribution in [-0.2, 0) is 0 Å². The molecule has 0 aliphatic carbocycles. The van der Waals surface area contributed by atoms with Crippen molar-refractivity contribution >= 4 is 54.3 Å². The van der Waals surface area contributed by atoms with Gasteiger partial charge in [0.05, 0.1) is 0 Å². The van der Waals surface area contributed by atoms with Crippen LogP contribution in [0.4, 0.5) is 0 Å². The number of fused-ring (bicyclic) bond motifs is 7. The topological polar surface area (TPSA) is 51.8 Å². The van der Waals surface area contributed by atoms with Crippen molar-refractivity contribution in [2.45, 2.75) is 0 Å². The van der Waals surface area contributed by atoms with Crippen LogP contribution in [-0.4, -0.2) is 15.0 Å². The van der Waals surface area contributed by atoms with Gasteiger partial charge in [0.2, 0.25) is 0 Å². The zero-order valence-corrected chi connectivity index (χ0v) is 26.3. The number of nitrogens with zero attached hydrogens (tertiary/aromatic N) is 3. The minimum absolute atomic E-state index is 0.615. The van der Waals surface area contributed by atoms with Crippen LogP contribution in [0.1, 0.15) is 0 Å². The number of benzene rings is 8. The number of furan rings is 1. The molecule has 8 aromatic carbocycles. The average molecular weight is 626 g/mol. The standard InChI is InChI=1S/C45H27N3O/c1-2-10-30(11-3-1)43-46-44(35-18-21-38-34(25-35)17-15-29-9-6-7-13-37(29)38)48-45(47-43)36-20-23-42-40(27-36)39-26-33(19-22-41(39)49-42)32-16-14-28-8-4-5-12-31(28)24-32/h1-27H. The van der Waals surface area contributed by atoms with Crippen molar-refractivity contribution in [2.75, 3.05) is 0 Å². The maximum absolute atomic E-state index is 6.31. The van der Waals surface area contributed by atoms with Crippen LogP contribution >= 0.6 is 0 Å². The highest BCUT2D eigenvalue weighted by Gasteiger charge is 2.16. The van der Waals surface area contributed by atoms with Crippen LogP contribution in [0.2, 0.25) is 0 Å². The molecule has 0 saturated carbocycles. The predicted octanol–water partition coefficient (Wildman–Crippen LogP) is 11.9. The van der Waals surface area contributed by atoms with Gasteiger partial charge in [-0.1, -0.05) is 121 Å². The highest BCUT2D eigenvalue weighted by molar-refractivity contribution is 6.09. The first-order chi connectivity index (χ1) is 24.2. The SMILES string of the molecule is c1ccc(-c2nc(-c3ccc4c(ccc5ccccc54)c3)nc(-c3ccc4oc5ccc(-c6ccc7ccccc7c6)cc5c4c3)n2)cc1. The van der Waals surface area contributed by atoms with E-state index in [0.29, 0.717) is 17.5 Å².